The molecule has 0 heterocycles. The molecule has 0 saturated heterocycles. The van der Waals surface area contributed by atoms with Crippen LogP contribution in [0.3, 0.4) is 0 Å². The summed E-state index contributed by atoms with van der Waals surface area (Å²) in [6, 6.07) is 9.83. The molecule has 0 aliphatic heterocycles. The van der Waals surface area contributed by atoms with Gasteiger partial charge in [-0.05, 0) is 18.9 Å². The summed E-state index contributed by atoms with van der Waals surface area (Å²) in [5.41, 5.74) is 0.466. The fraction of sp³-hybridized carbons (Fsp3) is 0.500. The summed E-state index contributed by atoms with van der Waals surface area (Å²) in [6.07, 6.45) is 0.961. The molecular weight excluding hydrogens is 176 g/mol. The van der Waals surface area contributed by atoms with Crippen molar-refractivity contribution in [3.8, 4) is 0 Å². The minimum Gasteiger partial charge on any atom is -0.393 e. The van der Waals surface area contributed by atoms with Gasteiger partial charge in [0.2, 0.25) is 0 Å². The van der Waals surface area contributed by atoms with Gasteiger partial charge >= 0.3 is 0 Å². The van der Waals surface area contributed by atoms with Crippen molar-refractivity contribution in [1.29, 1.82) is 0 Å². The Kier molecular flexibility index (Phi) is 4.11. The molecule has 2 nitrogen and oxygen atoms in total. The fourth-order valence-electron chi connectivity index (χ4n) is 1.34. The highest BCUT2D eigenvalue weighted by molar-refractivity contribution is 5.21. The Morgan fingerprint density at radius 3 is 2.43 bits per heavy atom. The summed E-state index contributed by atoms with van der Waals surface area (Å²) in [5.74, 6) is 0. The Morgan fingerprint density at radius 1 is 1.29 bits per heavy atom. The van der Waals surface area contributed by atoms with E-state index in [2.05, 4.69) is 6.92 Å². The van der Waals surface area contributed by atoms with Gasteiger partial charge in [0, 0.05) is 6.61 Å². The zero-order chi connectivity index (χ0) is 10.4. The molecule has 78 valence electrons. The largest absolute Gasteiger partial charge is 0.393 e. The number of aliphatic hydroxyl groups excluding tert-OH is 1. The van der Waals surface area contributed by atoms with E-state index < -0.39 is 5.60 Å². The third kappa shape index (κ3) is 2.56. The molecule has 1 atom stereocenters. The lowest BCUT2D eigenvalue weighted by Crippen LogP contribution is -2.30. The maximum Gasteiger partial charge on any atom is 0.113 e. The molecule has 0 spiro atoms. The Hall–Kier alpha value is -0.860. The standard InChI is InChI=1S/C12H18O2/c1-3-9-14-12(2,10-13)11-7-5-4-6-8-11/h4-8,13H,3,9-10H2,1-2H3. The summed E-state index contributed by atoms with van der Waals surface area (Å²) in [5, 5.41) is 9.34. The van der Waals surface area contributed by atoms with Crippen molar-refractivity contribution in [3.05, 3.63) is 35.9 Å². The molecule has 1 rings (SSSR count). The number of hydrogen-bond acceptors (Lipinski definition) is 2. The molecule has 1 aromatic carbocycles. The van der Waals surface area contributed by atoms with Crippen molar-refractivity contribution in [2.24, 2.45) is 0 Å². The first-order chi connectivity index (χ1) is 6.73. The molecule has 0 fully saturated rings. The first kappa shape index (κ1) is 11.2. The molecule has 1 N–H and O–H groups in total. The second kappa shape index (κ2) is 5.13. The predicted molar refractivity (Wildman–Crippen MR) is 57.1 cm³/mol. The van der Waals surface area contributed by atoms with Crippen molar-refractivity contribution in [2.45, 2.75) is 25.9 Å². The lowest BCUT2D eigenvalue weighted by molar-refractivity contribution is -0.0717. The summed E-state index contributed by atoms with van der Waals surface area (Å²) < 4.78 is 5.66. The predicted octanol–water partition coefficient (Wildman–Crippen LogP) is 2.32. The highest BCUT2D eigenvalue weighted by Crippen LogP contribution is 2.24. The third-order valence-electron chi connectivity index (χ3n) is 2.31. The van der Waals surface area contributed by atoms with Gasteiger partial charge in [-0.2, -0.15) is 0 Å². The third-order valence-corrected chi connectivity index (χ3v) is 2.31. The zero-order valence-corrected chi connectivity index (χ0v) is 8.86. The number of benzene rings is 1. The lowest BCUT2D eigenvalue weighted by atomic mass is 9.97. The van der Waals surface area contributed by atoms with Crippen molar-refractivity contribution in [3.63, 3.8) is 0 Å². The van der Waals surface area contributed by atoms with E-state index in [-0.39, 0.29) is 6.61 Å². The minimum atomic E-state index is -0.558. The van der Waals surface area contributed by atoms with E-state index in [1.165, 1.54) is 0 Å². The Bertz CT molecular complexity index is 258. The number of hydrogen-bond donors (Lipinski definition) is 1. The number of aliphatic hydroxyl groups is 1. The maximum atomic E-state index is 9.34. The Labute approximate surface area is 85.5 Å². The smallest absolute Gasteiger partial charge is 0.113 e. The SMILES string of the molecule is CCCOC(C)(CO)c1ccccc1. The molecule has 0 saturated carbocycles. The minimum absolute atomic E-state index is 0.0109. The van der Waals surface area contributed by atoms with E-state index in [1.807, 2.05) is 37.3 Å². The molecule has 0 bridgehead atoms. The first-order valence-corrected chi connectivity index (χ1v) is 5.03. The summed E-state index contributed by atoms with van der Waals surface area (Å²) in [6.45, 7) is 4.66. The van der Waals surface area contributed by atoms with Crippen LogP contribution in [0.4, 0.5) is 0 Å². The Balaban J connectivity index is 2.79. The fourth-order valence-corrected chi connectivity index (χ4v) is 1.34. The van der Waals surface area contributed by atoms with Crippen molar-refractivity contribution >= 4 is 0 Å². The van der Waals surface area contributed by atoms with Crippen LogP contribution in [0.5, 0.6) is 0 Å². The molecule has 0 radical (unpaired) electrons. The molecule has 14 heavy (non-hydrogen) atoms. The van der Waals surface area contributed by atoms with Gasteiger partial charge < -0.3 is 9.84 Å². The highest BCUT2D eigenvalue weighted by atomic mass is 16.5. The molecule has 0 aliphatic rings. The molecule has 0 aromatic heterocycles. The van der Waals surface area contributed by atoms with Crippen LogP contribution >= 0.6 is 0 Å². The van der Waals surface area contributed by atoms with Crippen LogP contribution in [-0.2, 0) is 10.3 Å². The lowest BCUT2D eigenvalue weighted by Gasteiger charge is -2.28. The van der Waals surface area contributed by atoms with Crippen molar-refractivity contribution < 1.29 is 9.84 Å². The second-order valence-corrected chi connectivity index (χ2v) is 3.60. The highest BCUT2D eigenvalue weighted by Gasteiger charge is 2.25. The molecule has 0 aliphatic carbocycles. The first-order valence-electron chi connectivity index (χ1n) is 5.03. The van der Waals surface area contributed by atoms with E-state index in [9.17, 15) is 5.11 Å². The van der Waals surface area contributed by atoms with Crippen LogP contribution in [0.15, 0.2) is 30.3 Å². The van der Waals surface area contributed by atoms with Crippen molar-refractivity contribution in [1.82, 2.24) is 0 Å². The summed E-state index contributed by atoms with van der Waals surface area (Å²) in [7, 11) is 0. The molecule has 0 amide bonds. The van der Waals surface area contributed by atoms with Crippen LogP contribution < -0.4 is 0 Å². The van der Waals surface area contributed by atoms with Gasteiger partial charge in [-0.3, -0.25) is 0 Å². The zero-order valence-electron chi connectivity index (χ0n) is 8.86. The van der Waals surface area contributed by atoms with E-state index in [0.717, 1.165) is 12.0 Å². The Morgan fingerprint density at radius 2 is 1.93 bits per heavy atom. The number of ether oxygens (including phenoxy) is 1. The van der Waals surface area contributed by atoms with Gasteiger partial charge in [-0.1, -0.05) is 37.3 Å². The van der Waals surface area contributed by atoms with Gasteiger partial charge in [0.25, 0.3) is 0 Å². The van der Waals surface area contributed by atoms with Crippen LogP contribution in [0, 0.1) is 0 Å². The molecule has 1 aromatic rings. The average molecular weight is 194 g/mol. The number of rotatable bonds is 5. The van der Waals surface area contributed by atoms with Gasteiger partial charge in [0.05, 0.1) is 6.61 Å². The van der Waals surface area contributed by atoms with Gasteiger partial charge in [-0.25, -0.2) is 0 Å². The van der Waals surface area contributed by atoms with Gasteiger partial charge in [-0.15, -0.1) is 0 Å². The average Bonchev–Trinajstić information content (AvgIpc) is 2.27. The van der Waals surface area contributed by atoms with E-state index in [1.54, 1.807) is 0 Å². The summed E-state index contributed by atoms with van der Waals surface area (Å²) in [4.78, 5) is 0. The van der Waals surface area contributed by atoms with Crippen LogP contribution in [-0.4, -0.2) is 18.3 Å². The van der Waals surface area contributed by atoms with Crippen LogP contribution in [0.1, 0.15) is 25.8 Å². The quantitative estimate of drug-likeness (QED) is 0.779. The topological polar surface area (TPSA) is 29.5 Å². The van der Waals surface area contributed by atoms with E-state index >= 15 is 0 Å². The molecule has 1 unspecified atom stereocenters. The summed E-state index contributed by atoms with van der Waals surface area (Å²) >= 11 is 0. The second-order valence-electron chi connectivity index (χ2n) is 3.60. The molecular formula is C12H18O2. The van der Waals surface area contributed by atoms with Gasteiger partial charge in [0.1, 0.15) is 5.60 Å². The van der Waals surface area contributed by atoms with Crippen molar-refractivity contribution in [2.75, 3.05) is 13.2 Å². The molecule has 2 heteroatoms. The van der Waals surface area contributed by atoms with Crippen LogP contribution in [0.25, 0.3) is 0 Å². The monoisotopic (exact) mass is 194 g/mol. The maximum absolute atomic E-state index is 9.34. The van der Waals surface area contributed by atoms with E-state index in [0.29, 0.717) is 6.61 Å². The van der Waals surface area contributed by atoms with E-state index in [4.69, 9.17) is 4.74 Å². The normalized spacial score (nSPS) is 15.1. The van der Waals surface area contributed by atoms with Gasteiger partial charge in [0.15, 0.2) is 0 Å². The van der Waals surface area contributed by atoms with Crippen LogP contribution in [0.2, 0.25) is 0 Å².